The second-order valence-electron chi connectivity index (χ2n) is 28.7. The van der Waals surface area contributed by atoms with E-state index in [0.717, 1.165) is 7.11 Å². The second kappa shape index (κ2) is 41.9. The Balaban J connectivity index is 0.883. The zero-order valence-corrected chi connectivity index (χ0v) is 66.7. The molecule has 0 spiro atoms. The number of methoxy groups -OCH3 is 1. The first-order valence-electron chi connectivity index (χ1n) is 35.8. The number of ether oxygens (including phenoxy) is 18. The molecule has 9 aliphatic heterocycles. The van der Waals surface area contributed by atoms with Gasteiger partial charge in [-0.25, -0.2) is 19.2 Å². The summed E-state index contributed by atoms with van der Waals surface area (Å²) in [4.78, 5) is 51.6. The molecule has 9 rings (SSSR count). The molecule has 125 heavy (non-hydrogen) atoms. The van der Waals surface area contributed by atoms with Gasteiger partial charge < -0.3 is 203 Å². The molecule has 65 nitrogen and oxygen atoms in total. The van der Waals surface area contributed by atoms with E-state index >= 15 is 0 Å². The first-order chi connectivity index (χ1) is 57.9. The third-order valence-corrected chi connectivity index (χ3v) is 23.3. The van der Waals surface area contributed by atoms with E-state index in [1.165, 1.54) is 18.9 Å². The van der Waals surface area contributed by atoms with Crippen LogP contribution in [0.3, 0.4) is 0 Å². The van der Waals surface area contributed by atoms with Crippen LogP contribution in [0.25, 0.3) is 0 Å². The topological polar surface area (TPSA) is 1030 Å². The minimum absolute atomic E-state index is 0.924. The van der Waals surface area contributed by atoms with Crippen molar-refractivity contribution in [3.05, 3.63) is 0 Å². The highest BCUT2D eigenvalue weighted by Crippen LogP contribution is 2.41. The highest BCUT2D eigenvalue weighted by Gasteiger charge is 2.64. The van der Waals surface area contributed by atoms with Crippen LogP contribution in [0.1, 0.15) is 0 Å². The number of aliphatic hydroxyl groups is 19. The maximum atomic E-state index is 13.1. The molecule has 33 N–H and O–H groups in total. The van der Waals surface area contributed by atoms with Crippen molar-refractivity contribution in [1.29, 1.82) is 0 Å². The average molecular weight is 1940 g/mol. The first kappa shape index (κ1) is 104. The summed E-state index contributed by atoms with van der Waals surface area (Å²) in [5.41, 5.74) is 0. The molecule has 0 aromatic carbocycles. The molecule has 0 radical (unpaired) electrons. The van der Waals surface area contributed by atoms with Crippen LogP contribution in [0.5, 0.6) is 0 Å². The van der Waals surface area contributed by atoms with Gasteiger partial charge in [0.2, 0.25) is 0 Å². The number of carboxylic acids is 4. The van der Waals surface area contributed by atoms with Crippen molar-refractivity contribution in [2.24, 2.45) is 0 Å². The zero-order valence-electron chi connectivity index (χ0n) is 62.6. The summed E-state index contributed by atoms with van der Waals surface area (Å²) in [7, 11) is -27.0. The quantitative estimate of drug-likeness (QED) is 0.0259. The highest BCUT2D eigenvalue weighted by atomic mass is 32.3. The van der Waals surface area contributed by atoms with Gasteiger partial charge in [0.25, 0.3) is 0 Å². The van der Waals surface area contributed by atoms with Crippen molar-refractivity contribution >= 4 is 75.4 Å². The standard InChI is InChI=1S/C55H91N5O60S5/c1-103-47-13(57-122(91,92)93)19(68)31(8(3-62)105-47)109-52-28(77)24(73)36(40(118-52)44(82)83)114-49-15(59-124(97,98)99)21(70)33(10(5-64)107-49)111-54-30(79)26(75)38(42(120-54)46(86)87)116-51-16(60-125(100,101)102)22(71)34(11(6-65)108-51)112-55-29(78)25(74)37(41(119-55)45(84)85)115-50-14(58-123(94,95)96)20(69)32(9(4-63)106-50)110-53-27(76)23(72)35(39(117-53)43(80)81)113-48-12(56-121(88,89)90)18(67)17(66)7(2-61)104-48/h7-42,47-79H,2-6H2,1H3,(H,80,81)(H,82,83)(H,84,85)(H,86,87)(H,88,89,90)(H,91,92,93)(H,94,95,96)(H,97,98,99)(H,100,101,102)/t7?,8?,9?,10?,11?,12?,13?,14?,15?,16?,17-,18?,19?,20?,21?,22?,23?,24?,25?,26?,27?,28?,29?,30?,31-,32-,33-,34-,35+,36+,37+,38+,39?,40?,41?,42?,47+,48-,49-,50-,51-,52-,53-,54-,55-/m1/s1. The largest absolute Gasteiger partial charge is 0.479 e. The molecule has 0 aromatic rings. The predicted molar refractivity (Wildman–Crippen MR) is 366 cm³/mol. The number of hydrogen-bond donors (Lipinski definition) is 33. The maximum Gasteiger partial charge on any atom is 0.335 e. The van der Waals surface area contributed by atoms with E-state index in [1.807, 2.05) is 0 Å². The van der Waals surface area contributed by atoms with Crippen molar-refractivity contribution in [2.75, 3.05) is 40.1 Å². The molecule has 0 bridgehead atoms. The lowest BCUT2D eigenvalue weighted by Crippen LogP contribution is -2.71. The third-order valence-electron chi connectivity index (χ3n) is 20.4. The molecule has 0 saturated carbocycles. The minimum Gasteiger partial charge on any atom is -0.479 e. The number of rotatable bonds is 36. The summed E-state index contributed by atoms with van der Waals surface area (Å²) in [6.07, 6.45) is -102. The van der Waals surface area contributed by atoms with Gasteiger partial charge in [0.15, 0.2) is 81.0 Å². The fourth-order valence-electron chi connectivity index (χ4n) is 14.6. The Morgan fingerprint density at radius 2 is 0.416 bits per heavy atom. The van der Waals surface area contributed by atoms with Crippen molar-refractivity contribution < 1.29 is 287 Å². The lowest BCUT2D eigenvalue weighted by molar-refractivity contribution is -0.382. The summed E-state index contributed by atoms with van der Waals surface area (Å²) in [6, 6.07) is -12.4. The van der Waals surface area contributed by atoms with E-state index in [2.05, 4.69) is 0 Å². The summed E-state index contributed by atoms with van der Waals surface area (Å²) >= 11 is 0. The van der Waals surface area contributed by atoms with Gasteiger partial charge in [-0.05, 0) is 0 Å². The van der Waals surface area contributed by atoms with Gasteiger partial charge in [-0.15, -0.1) is 0 Å². The number of carboxylic acid groups (broad SMARTS) is 4. The van der Waals surface area contributed by atoms with Crippen molar-refractivity contribution in [3.8, 4) is 0 Å². The van der Waals surface area contributed by atoms with Crippen LogP contribution in [-0.4, -0.2) is 522 Å². The van der Waals surface area contributed by atoms with E-state index in [9.17, 15) is 201 Å². The molecule has 70 heteroatoms. The molecule has 9 fully saturated rings. The lowest BCUT2D eigenvalue weighted by Gasteiger charge is -2.50. The van der Waals surface area contributed by atoms with Crippen LogP contribution >= 0.6 is 0 Å². The summed E-state index contributed by atoms with van der Waals surface area (Å²) < 4.78 is 276. The average Bonchev–Trinajstić information content (AvgIpc) is 0.761. The molecular weight excluding hydrogens is 1850 g/mol. The molecule has 726 valence electrons. The molecule has 9 aliphatic rings. The summed E-state index contributed by atoms with van der Waals surface area (Å²) in [5, 5.41) is 252. The number of aliphatic carboxylic acids is 4. The molecule has 0 aromatic heterocycles. The van der Waals surface area contributed by atoms with Gasteiger partial charge in [-0.3, -0.25) is 22.8 Å². The van der Waals surface area contributed by atoms with E-state index in [-0.39, 0.29) is 0 Å². The molecule has 45 atom stereocenters. The van der Waals surface area contributed by atoms with Gasteiger partial charge in [0.1, 0.15) is 195 Å². The Bertz CT molecular complexity index is 4240. The third kappa shape index (κ3) is 24.4. The van der Waals surface area contributed by atoms with Crippen LogP contribution in [0.2, 0.25) is 0 Å². The van der Waals surface area contributed by atoms with Crippen LogP contribution in [0.15, 0.2) is 0 Å². The highest BCUT2D eigenvalue weighted by molar-refractivity contribution is 7.84. The summed E-state index contributed by atoms with van der Waals surface area (Å²) in [6.45, 7) is -6.81. The van der Waals surface area contributed by atoms with Crippen molar-refractivity contribution in [1.82, 2.24) is 23.6 Å². The maximum absolute atomic E-state index is 13.1. The van der Waals surface area contributed by atoms with E-state index in [0.29, 0.717) is 0 Å². The molecule has 0 aliphatic carbocycles. The SMILES string of the molecule is CO[C@H]1OC(CO)[C@@H](O[C@@H]2OC(C(=O)O)[C@@H](O[C@H]3OC(CO)[C@@H](O[C@@H]4OC(C(=O)O)[C@@H](O[C@H]5OC(CO)[C@@H](O[C@@H]6OC(C(=O)O)[C@@H](O[C@H]7OC(CO)[C@@H](O[C@@H]8OC(C(=O)O)[C@@H](O[C@H]9OC(CO)[C@@H](O)C(O)C9NS(=O)(=O)O)C(O)C8O)C(O)C7NS(=O)(=O)O)C(O)C6O)C(O)C5NS(=O)(=O)O)C(O)C4O)C(O)C3NS(=O)(=O)O)C(O)C2O)C(O)C1NS(=O)(=O)O. The fourth-order valence-corrected chi connectivity index (χ4v) is 17.6. The van der Waals surface area contributed by atoms with E-state index in [1.54, 1.807) is 4.72 Å². The molecule has 9 heterocycles. The molecule has 0 amide bonds. The monoisotopic (exact) mass is 1940 g/mol. The van der Waals surface area contributed by atoms with Crippen LogP contribution in [-0.2, 0) is 156 Å². The smallest absolute Gasteiger partial charge is 0.335 e. The Hall–Kier alpha value is -4.25. The van der Waals surface area contributed by atoms with Gasteiger partial charge in [-0.2, -0.15) is 65.7 Å². The number of aliphatic hydroxyl groups excluding tert-OH is 19. The normalized spacial score (nSPS) is 45.8. The van der Waals surface area contributed by atoms with Gasteiger partial charge in [0, 0.05) is 7.11 Å². The van der Waals surface area contributed by atoms with E-state index < -0.39 is 384 Å². The van der Waals surface area contributed by atoms with Crippen LogP contribution in [0, 0.1) is 0 Å². The Morgan fingerprint density at radius 1 is 0.240 bits per heavy atom. The second-order valence-corrected chi connectivity index (χ2v) is 34.6. The molecule has 27 unspecified atom stereocenters. The molecule has 9 saturated heterocycles. The van der Waals surface area contributed by atoms with Crippen LogP contribution in [0.4, 0.5) is 0 Å². The van der Waals surface area contributed by atoms with Gasteiger partial charge >= 0.3 is 75.4 Å². The Labute approximate surface area is 699 Å². The summed E-state index contributed by atoms with van der Waals surface area (Å²) in [5.74, 6) is -8.90. The number of hydrogen-bond acceptors (Lipinski definition) is 51. The number of carbonyl (C=O) groups is 4. The van der Waals surface area contributed by atoms with Gasteiger partial charge in [0.05, 0.1) is 33.0 Å². The van der Waals surface area contributed by atoms with Crippen molar-refractivity contribution in [2.45, 2.75) is 276 Å². The minimum atomic E-state index is -5.81. The number of nitrogens with one attached hydrogen (secondary N) is 5. The zero-order chi connectivity index (χ0) is 93.6. The van der Waals surface area contributed by atoms with Gasteiger partial charge in [-0.1, -0.05) is 0 Å². The predicted octanol–water partition coefficient (Wildman–Crippen LogP) is -22.6. The van der Waals surface area contributed by atoms with Crippen LogP contribution < -0.4 is 23.6 Å². The fraction of sp³-hybridized carbons (Fsp3) is 0.927. The Kier molecular flexibility index (Phi) is 35.0. The lowest BCUT2D eigenvalue weighted by atomic mass is 9.94. The first-order valence-corrected chi connectivity index (χ1v) is 43.0. The van der Waals surface area contributed by atoms with E-state index in [4.69, 9.17) is 85.3 Å². The Morgan fingerprint density at radius 3 is 0.600 bits per heavy atom. The molecular formula is C55H91N5O60S5. The van der Waals surface area contributed by atoms with Crippen molar-refractivity contribution in [3.63, 3.8) is 0 Å².